The second-order valence-electron chi connectivity index (χ2n) is 7.74. The molecule has 1 saturated heterocycles. The summed E-state index contributed by atoms with van der Waals surface area (Å²) in [5, 5.41) is 15.0. The van der Waals surface area contributed by atoms with Crippen LogP contribution in [-0.4, -0.2) is 81.5 Å². The Kier molecular flexibility index (Phi) is 7.78. The normalized spacial score (nSPS) is 16.1. The molecule has 1 aliphatic rings. The molecule has 1 aromatic carbocycles. The molecule has 0 bridgehead atoms. The molecule has 2 N–H and O–H groups in total. The third kappa shape index (κ3) is 5.75. The lowest BCUT2D eigenvalue weighted by Gasteiger charge is -2.38. The van der Waals surface area contributed by atoms with Crippen LogP contribution in [0.15, 0.2) is 30.7 Å². The first-order valence-corrected chi connectivity index (χ1v) is 10.6. The first-order valence-electron chi connectivity index (χ1n) is 10.6. The molecule has 11 heteroatoms. The fraction of sp³-hybridized carbons (Fsp3) is 0.409. The summed E-state index contributed by atoms with van der Waals surface area (Å²) in [6.07, 6.45) is 5.17. The van der Waals surface area contributed by atoms with Gasteiger partial charge in [0, 0.05) is 50.4 Å². The van der Waals surface area contributed by atoms with Gasteiger partial charge in [0.05, 0.1) is 30.1 Å². The molecule has 0 spiro atoms. The summed E-state index contributed by atoms with van der Waals surface area (Å²) in [6.45, 7) is 7.08. The van der Waals surface area contributed by atoms with Crippen LogP contribution in [0.2, 0.25) is 0 Å². The highest BCUT2D eigenvalue weighted by Crippen LogP contribution is 2.26. The number of carboxylic acid groups (broad SMARTS) is 1. The van der Waals surface area contributed by atoms with Crippen LogP contribution in [0.25, 0.3) is 10.9 Å². The van der Waals surface area contributed by atoms with Crippen LogP contribution in [0.4, 0.5) is 11.6 Å². The number of aromatic nitrogens is 4. The van der Waals surface area contributed by atoms with Gasteiger partial charge in [0.1, 0.15) is 11.6 Å². The average Bonchev–Trinajstić information content (AvgIpc) is 3.15. The lowest BCUT2D eigenvalue weighted by molar-refractivity contribution is -0.122. The number of fused-ring (bicyclic) bond motifs is 1. The lowest BCUT2D eigenvalue weighted by atomic mass is 10.1. The highest BCUT2D eigenvalue weighted by atomic mass is 16.5. The molecular formula is C22H29N7O4. The Hall–Kier alpha value is -3.73. The van der Waals surface area contributed by atoms with Crippen molar-refractivity contribution in [2.45, 2.75) is 19.9 Å². The van der Waals surface area contributed by atoms with Crippen molar-refractivity contribution in [2.24, 2.45) is 7.05 Å². The number of amides is 1. The maximum absolute atomic E-state index is 12.9. The van der Waals surface area contributed by atoms with E-state index in [1.165, 1.54) is 0 Å². The third-order valence-corrected chi connectivity index (χ3v) is 5.43. The largest absolute Gasteiger partial charge is 0.493 e. The van der Waals surface area contributed by atoms with Crippen molar-refractivity contribution in [3.8, 4) is 5.75 Å². The second kappa shape index (κ2) is 10.7. The SMILES string of the molecule is CCOc1cc2nn(C)cc2cc1C(=O)Nc1cnc(N2CCN(C)[C@@H](C)C2)cn1.O=CO. The van der Waals surface area contributed by atoms with E-state index in [1.807, 2.05) is 20.2 Å². The van der Waals surface area contributed by atoms with Crippen LogP contribution in [0.3, 0.4) is 0 Å². The number of hydrogen-bond donors (Lipinski definition) is 2. The van der Waals surface area contributed by atoms with Gasteiger partial charge in [-0.15, -0.1) is 0 Å². The summed E-state index contributed by atoms with van der Waals surface area (Å²) < 4.78 is 7.39. The molecule has 1 amide bonds. The molecule has 0 saturated carbocycles. The molecule has 3 heterocycles. The Labute approximate surface area is 192 Å². The van der Waals surface area contributed by atoms with Crippen molar-refractivity contribution >= 4 is 34.9 Å². The molecule has 0 radical (unpaired) electrons. The van der Waals surface area contributed by atoms with Gasteiger partial charge < -0.3 is 25.0 Å². The van der Waals surface area contributed by atoms with Crippen molar-refractivity contribution in [3.63, 3.8) is 0 Å². The highest BCUT2D eigenvalue weighted by Gasteiger charge is 2.22. The summed E-state index contributed by atoms with van der Waals surface area (Å²) in [4.78, 5) is 34.7. The van der Waals surface area contributed by atoms with E-state index in [9.17, 15) is 4.79 Å². The number of aryl methyl sites for hydroxylation is 1. The molecule has 1 fully saturated rings. The summed E-state index contributed by atoms with van der Waals surface area (Å²) in [7, 11) is 3.98. The smallest absolute Gasteiger partial charge is 0.290 e. The summed E-state index contributed by atoms with van der Waals surface area (Å²) >= 11 is 0. The number of carbonyl (C=O) groups is 2. The molecule has 3 aromatic rings. The summed E-state index contributed by atoms with van der Waals surface area (Å²) in [6, 6.07) is 4.03. The Morgan fingerprint density at radius 2 is 2.03 bits per heavy atom. The van der Waals surface area contributed by atoms with E-state index >= 15 is 0 Å². The first kappa shape index (κ1) is 23.9. The number of rotatable bonds is 5. The second-order valence-corrected chi connectivity index (χ2v) is 7.74. The van der Waals surface area contributed by atoms with Crippen molar-refractivity contribution < 1.29 is 19.4 Å². The van der Waals surface area contributed by atoms with Crippen LogP contribution in [0.1, 0.15) is 24.2 Å². The lowest BCUT2D eigenvalue weighted by Crippen LogP contribution is -2.50. The van der Waals surface area contributed by atoms with Gasteiger partial charge in [-0.25, -0.2) is 9.97 Å². The zero-order valence-electron chi connectivity index (χ0n) is 19.2. The van der Waals surface area contributed by atoms with Gasteiger partial charge in [0.15, 0.2) is 5.82 Å². The third-order valence-electron chi connectivity index (χ3n) is 5.43. The molecular weight excluding hydrogens is 426 g/mol. The Bertz CT molecular complexity index is 1100. The number of likely N-dealkylation sites (N-methyl/N-ethyl adjacent to an activating group) is 1. The minimum absolute atomic E-state index is 0.250. The molecule has 0 aliphatic carbocycles. The topological polar surface area (TPSA) is 126 Å². The number of piperazine rings is 1. The fourth-order valence-electron chi connectivity index (χ4n) is 3.62. The average molecular weight is 456 g/mol. The van der Waals surface area contributed by atoms with Crippen molar-refractivity contribution in [2.75, 3.05) is 43.5 Å². The van der Waals surface area contributed by atoms with Crippen molar-refractivity contribution in [3.05, 3.63) is 36.3 Å². The van der Waals surface area contributed by atoms with Crippen LogP contribution in [0.5, 0.6) is 5.75 Å². The van der Waals surface area contributed by atoms with Crippen LogP contribution < -0.4 is 15.0 Å². The molecule has 176 valence electrons. The van der Waals surface area contributed by atoms with Crippen LogP contribution >= 0.6 is 0 Å². The fourth-order valence-corrected chi connectivity index (χ4v) is 3.62. The van der Waals surface area contributed by atoms with E-state index in [2.05, 4.69) is 44.2 Å². The zero-order valence-corrected chi connectivity index (χ0v) is 19.2. The van der Waals surface area contributed by atoms with Gasteiger partial charge in [-0.1, -0.05) is 0 Å². The number of carbonyl (C=O) groups excluding carboxylic acids is 1. The Morgan fingerprint density at radius 3 is 2.67 bits per heavy atom. The molecule has 1 atom stereocenters. The van der Waals surface area contributed by atoms with Gasteiger partial charge >= 0.3 is 0 Å². The molecule has 0 unspecified atom stereocenters. The van der Waals surface area contributed by atoms with Crippen molar-refractivity contribution in [1.29, 1.82) is 0 Å². The predicted octanol–water partition coefficient (Wildman–Crippen LogP) is 1.86. The summed E-state index contributed by atoms with van der Waals surface area (Å²) in [5.41, 5.74) is 1.22. The van der Waals surface area contributed by atoms with Crippen LogP contribution in [0, 0.1) is 0 Å². The number of benzene rings is 1. The molecule has 33 heavy (non-hydrogen) atoms. The molecule has 2 aromatic heterocycles. The Balaban J connectivity index is 0.000000968. The van der Waals surface area contributed by atoms with Gasteiger partial charge in [-0.2, -0.15) is 5.10 Å². The maximum Gasteiger partial charge on any atom is 0.290 e. The van der Waals surface area contributed by atoms with E-state index in [1.54, 1.807) is 29.2 Å². The number of anilines is 2. The van der Waals surface area contributed by atoms with Gasteiger partial charge in [0.25, 0.3) is 12.4 Å². The van der Waals surface area contributed by atoms with E-state index in [0.717, 1.165) is 36.4 Å². The molecule has 1 aliphatic heterocycles. The van der Waals surface area contributed by atoms with E-state index < -0.39 is 0 Å². The highest BCUT2D eigenvalue weighted by molar-refractivity contribution is 6.08. The zero-order chi connectivity index (χ0) is 24.0. The molecule has 11 nitrogen and oxygen atoms in total. The van der Waals surface area contributed by atoms with Gasteiger partial charge in [0.2, 0.25) is 0 Å². The van der Waals surface area contributed by atoms with Gasteiger partial charge in [-0.3, -0.25) is 14.3 Å². The van der Waals surface area contributed by atoms with E-state index in [0.29, 0.717) is 29.8 Å². The monoisotopic (exact) mass is 455 g/mol. The van der Waals surface area contributed by atoms with Crippen LogP contribution in [-0.2, 0) is 11.8 Å². The Morgan fingerprint density at radius 1 is 1.27 bits per heavy atom. The summed E-state index contributed by atoms with van der Waals surface area (Å²) in [5.74, 6) is 1.43. The van der Waals surface area contributed by atoms with Gasteiger partial charge in [-0.05, 0) is 27.0 Å². The number of nitrogens with one attached hydrogen (secondary N) is 1. The first-order chi connectivity index (χ1) is 15.9. The number of nitrogens with zero attached hydrogens (tertiary/aromatic N) is 6. The maximum atomic E-state index is 12.9. The minimum atomic E-state index is -0.292. The predicted molar refractivity (Wildman–Crippen MR) is 125 cm³/mol. The standard InChI is InChI=1S/C21H27N7O2.CH2O2/c1-5-30-18-9-17-15(13-27(4)25-17)8-16(18)21(29)24-19-10-23-20(11-22-19)28-7-6-26(3)14(2)12-28;2-1-3/h8-11,13-14H,5-7,12H2,1-4H3,(H,22,24,29);1H,(H,2,3)/t14-;/m0./s1. The number of ether oxygens (including phenoxy) is 1. The quantitative estimate of drug-likeness (QED) is 0.554. The van der Waals surface area contributed by atoms with E-state index in [4.69, 9.17) is 14.6 Å². The minimum Gasteiger partial charge on any atom is -0.493 e. The van der Waals surface area contributed by atoms with Crippen molar-refractivity contribution in [1.82, 2.24) is 24.6 Å². The van der Waals surface area contributed by atoms with E-state index in [-0.39, 0.29) is 12.4 Å². The number of hydrogen-bond acceptors (Lipinski definition) is 8. The molecule has 4 rings (SSSR count).